The normalized spacial score (nSPS) is 12.0. The summed E-state index contributed by atoms with van der Waals surface area (Å²) in [5.41, 5.74) is 7.61. The molecule has 0 saturated carbocycles. The Kier molecular flexibility index (Phi) is 4.49. The van der Waals surface area contributed by atoms with Crippen LogP contribution >= 0.6 is 0 Å². The number of carbonyl (C=O) groups is 1. The van der Waals surface area contributed by atoms with Crippen LogP contribution in [-0.2, 0) is 17.8 Å². The second-order valence-electron chi connectivity index (χ2n) is 5.09. The van der Waals surface area contributed by atoms with Gasteiger partial charge >= 0.3 is 0 Å². The van der Waals surface area contributed by atoms with Crippen molar-refractivity contribution in [1.29, 1.82) is 0 Å². The average Bonchev–Trinajstić information content (AvgIpc) is 3.25. The van der Waals surface area contributed by atoms with Crippen LogP contribution in [0.25, 0.3) is 11.3 Å². The number of hydrogen-bond acceptors (Lipinski definition) is 5. The largest absolute Gasteiger partial charge is 0.439 e. The Hall–Kier alpha value is -2.93. The number of amides is 1. The number of oxazole rings is 1. The monoisotopic (exact) mass is 311 g/mol. The van der Waals surface area contributed by atoms with Gasteiger partial charge in [-0.15, -0.1) is 0 Å². The van der Waals surface area contributed by atoms with Gasteiger partial charge < -0.3 is 15.5 Å². The molecule has 0 aliphatic carbocycles. The van der Waals surface area contributed by atoms with Gasteiger partial charge in [0.1, 0.15) is 0 Å². The third kappa shape index (κ3) is 3.83. The van der Waals surface area contributed by atoms with Crippen molar-refractivity contribution < 1.29 is 9.21 Å². The van der Waals surface area contributed by atoms with Crippen LogP contribution in [-0.4, -0.2) is 27.1 Å². The summed E-state index contributed by atoms with van der Waals surface area (Å²) in [5.74, 6) is 0.835. The van der Waals surface area contributed by atoms with Crippen LogP contribution < -0.4 is 11.1 Å². The highest BCUT2D eigenvalue weighted by Crippen LogP contribution is 2.19. The predicted molar refractivity (Wildman–Crippen MR) is 84.1 cm³/mol. The van der Waals surface area contributed by atoms with Gasteiger partial charge in [-0.3, -0.25) is 9.89 Å². The van der Waals surface area contributed by atoms with Gasteiger partial charge in [-0.1, -0.05) is 30.3 Å². The molecule has 1 amide bonds. The van der Waals surface area contributed by atoms with Crippen molar-refractivity contribution in [3.8, 4) is 11.3 Å². The smallest absolute Gasteiger partial charge is 0.237 e. The lowest BCUT2D eigenvalue weighted by molar-refractivity contribution is -0.122. The zero-order valence-electron chi connectivity index (χ0n) is 12.4. The summed E-state index contributed by atoms with van der Waals surface area (Å²) in [6, 6.07) is 10.8. The van der Waals surface area contributed by atoms with E-state index < -0.39 is 6.04 Å². The lowest BCUT2D eigenvalue weighted by Gasteiger charge is -2.09. The summed E-state index contributed by atoms with van der Waals surface area (Å²) < 4.78 is 5.62. The SMILES string of the molecule is NC(Cc1ccn[nH]1)C(=O)NCc1ncc(-c2ccccc2)o1. The van der Waals surface area contributed by atoms with Crippen LogP contribution in [0.15, 0.2) is 53.2 Å². The topological polar surface area (TPSA) is 110 Å². The molecule has 3 rings (SSSR count). The maximum atomic E-state index is 12.0. The van der Waals surface area contributed by atoms with Crippen LogP contribution in [0.3, 0.4) is 0 Å². The fourth-order valence-corrected chi connectivity index (χ4v) is 2.15. The van der Waals surface area contributed by atoms with Gasteiger partial charge in [-0.05, 0) is 6.07 Å². The first-order valence-corrected chi connectivity index (χ1v) is 7.24. The molecule has 7 nitrogen and oxygen atoms in total. The van der Waals surface area contributed by atoms with E-state index in [9.17, 15) is 4.79 Å². The van der Waals surface area contributed by atoms with Crippen molar-refractivity contribution in [2.45, 2.75) is 19.0 Å². The van der Waals surface area contributed by atoms with Gasteiger partial charge in [0.05, 0.1) is 18.8 Å². The lowest BCUT2D eigenvalue weighted by Crippen LogP contribution is -2.41. The number of rotatable bonds is 6. The molecule has 0 saturated heterocycles. The molecule has 0 bridgehead atoms. The summed E-state index contributed by atoms with van der Waals surface area (Å²) in [6.45, 7) is 0.197. The highest BCUT2D eigenvalue weighted by atomic mass is 16.4. The van der Waals surface area contributed by atoms with Crippen LogP contribution in [0, 0.1) is 0 Å². The van der Waals surface area contributed by atoms with E-state index in [4.69, 9.17) is 10.2 Å². The molecule has 3 aromatic rings. The zero-order chi connectivity index (χ0) is 16.1. The van der Waals surface area contributed by atoms with Gasteiger partial charge in [0, 0.05) is 23.9 Å². The van der Waals surface area contributed by atoms with Crippen molar-refractivity contribution >= 4 is 5.91 Å². The van der Waals surface area contributed by atoms with Crippen molar-refractivity contribution in [2.75, 3.05) is 0 Å². The molecule has 0 aliphatic heterocycles. The highest BCUT2D eigenvalue weighted by Gasteiger charge is 2.15. The van der Waals surface area contributed by atoms with E-state index in [1.54, 1.807) is 18.5 Å². The van der Waals surface area contributed by atoms with E-state index in [0.29, 0.717) is 18.1 Å². The van der Waals surface area contributed by atoms with E-state index in [-0.39, 0.29) is 12.5 Å². The minimum atomic E-state index is -0.654. The van der Waals surface area contributed by atoms with Gasteiger partial charge in [-0.2, -0.15) is 5.10 Å². The van der Waals surface area contributed by atoms with Crippen molar-refractivity contribution in [3.63, 3.8) is 0 Å². The number of aromatic amines is 1. The molecule has 7 heteroatoms. The van der Waals surface area contributed by atoms with Gasteiger partial charge in [0.2, 0.25) is 11.8 Å². The number of hydrogen-bond donors (Lipinski definition) is 3. The minimum absolute atomic E-state index is 0.197. The number of nitrogens with two attached hydrogens (primary N) is 1. The first kappa shape index (κ1) is 15.0. The molecule has 1 unspecified atom stereocenters. The minimum Gasteiger partial charge on any atom is -0.439 e. The number of benzene rings is 1. The van der Waals surface area contributed by atoms with Gasteiger partial charge in [0.15, 0.2) is 5.76 Å². The van der Waals surface area contributed by atoms with E-state index in [0.717, 1.165) is 11.3 Å². The molecule has 0 fully saturated rings. The summed E-state index contributed by atoms with van der Waals surface area (Å²) in [4.78, 5) is 16.1. The van der Waals surface area contributed by atoms with Crippen LogP contribution in [0.1, 0.15) is 11.6 Å². The summed E-state index contributed by atoms with van der Waals surface area (Å²) in [7, 11) is 0. The first-order valence-electron chi connectivity index (χ1n) is 7.24. The molecular weight excluding hydrogens is 294 g/mol. The van der Waals surface area contributed by atoms with E-state index in [1.165, 1.54) is 0 Å². The molecule has 1 aromatic carbocycles. The predicted octanol–water partition coefficient (Wildman–Crippen LogP) is 1.25. The standard InChI is InChI=1S/C16H17N5O2/c17-13(8-12-6-7-20-21-12)16(22)19-10-15-18-9-14(23-15)11-4-2-1-3-5-11/h1-7,9,13H,8,10,17H2,(H,19,22)(H,20,21). The molecule has 4 N–H and O–H groups in total. The number of aromatic nitrogens is 3. The molecule has 2 aromatic heterocycles. The van der Waals surface area contributed by atoms with E-state index >= 15 is 0 Å². The van der Waals surface area contributed by atoms with Crippen LogP contribution in [0.5, 0.6) is 0 Å². The molecule has 0 aliphatic rings. The Morgan fingerprint density at radius 3 is 2.87 bits per heavy atom. The Morgan fingerprint density at radius 2 is 2.13 bits per heavy atom. The highest BCUT2D eigenvalue weighted by molar-refractivity contribution is 5.81. The summed E-state index contributed by atoms with van der Waals surface area (Å²) >= 11 is 0. The number of nitrogens with zero attached hydrogens (tertiary/aromatic N) is 2. The Morgan fingerprint density at radius 1 is 1.30 bits per heavy atom. The van der Waals surface area contributed by atoms with Crippen LogP contribution in [0.2, 0.25) is 0 Å². The fraction of sp³-hybridized carbons (Fsp3) is 0.188. The Balaban J connectivity index is 1.54. The maximum absolute atomic E-state index is 12.0. The fourth-order valence-electron chi connectivity index (χ4n) is 2.15. The molecule has 2 heterocycles. The first-order chi connectivity index (χ1) is 11.2. The second kappa shape index (κ2) is 6.89. The Labute approximate surface area is 132 Å². The molecule has 118 valence electrons. The van der Waals surface area contributed by atoms with Crippen molar-refractivity contribution in [3.05, 3.63) is 60.4 Å². The average molecular weight is 311 g/mol. The van der Waals surface area contributed by atoms with Gasteiger partial charge in [-0.25, -0.2) is 4.98 Å². The summed E-state index contributed by atoms with van der Waals surface area (Å²) in [6.07, 6.45) is 3.66. The zero-order valence-corrected chi connectivity index (χ0v) is 12.4. The number of carbonyl (C=O) groups excluding carboxylic acids is 1. The molecule has 0 radical (unpaired) electrons. The molecule has 23 heavy (non-hydrogen) atoms. The quantitative estimate of drug-likeness (QED) is 0.634. The maximum Gasteiger partial charge on any atom is 0.237 e. The van der Waals surface area contributed by atoms with Crippen molar-refractivity contribution in [1.82, 2.24) is 20.5 Å². The van der Waals surface area contributed by atoms with Crippen molar-refractivity contribution in [2.24, 2.45) is 5.73 Å². The van der Waals surface area contributed by atoms with Gasteiger partial charge in [0.25, 0.3) is 0 Å². The molecule has 1 atom stereocenters. The second-order valence-corrected chi connectivity index (χ2v) is 5.09. The van der Waals surface area contributed by atoms with Crippen LogP contribution in [0.4, 0.5) is 0 Å². The number of nitrogens with one attached hydrogen (secondary N) is 2. The Bertz CT molecular complexity index is 752. The summed E-state index contributed by atoms with van der Waals surface area (Å²) in [5, 5.41) is 9.32. The van der Waals surface area contributed by atoms with E-state index in [2.05, 4.69) is 20.5 Å². The van der Waals surface area contributed by atoms with E-state index in [1.807, 2.05) is 30.3 Å². The lowest BCUT2D eigenvalue weighted by atomic mass is 10.1. The third-order valence-electron chi connectivity index (χ3n) is 3.36. The third-order valence-corrected chi connectivity index (χ3v) is 3.36. The number of H-pyrrole nitrogens is 1. The molecular formula is C16H17N5O2. The molecule has 0 spiro atoms.